The summed E-state index contributed by atoms with van der Waals surface area (Å²) in [6.45, 7) is 3.89. The first-order valence-corrected chi connectivity index (χ1v) is 11.8. The van der Waals surface area contributed by atoms with Crippen LogP contribution < -0.4 is 10.1 Å². The minimum absolute atomic E-state index is 0.0195. The molecule has 3 rings (SSSR count). The third-order valence-corrected chi connectivity index (χ3v) is 7.20. The Kier molecular flexibility index (Phi) is 7.32. The zero-order valence-electron chi connectivity index (χ0n) is 17.6. The van der Waals surface area contributed by atoms with E-state index < -0.39 is 32.8 Å². The van der Waals surface area contributed by atoms with Gasteiger partial charge >= 0.3 is 5.82 Å². The van der Waals surface area contributed by atoms with E-state index in [-0.39, 0.29) is 21.4 Å². The number of rotatable bonds is 7. The number of carbonyl (C=O) groups excluding carboxylic acids is 1. The summed E-state index contributed by atoms with van der Waals surface area (Å²) in [5.41, 5.74) is 0.529. The first-order chi connectivity index (χ1) is 15.1. The van der Waals surface area contributed by atoms with Gasteiger partial charge in [-0.2, -0.15) is 4.31 Å². The second-order valence-corrected chi connectivity index (χ2v) is 9.73. The topological polar surface area (TPSA) is 132 Å². The fraction of sp³-hybridized carbons (Fsp3) is 0.400. The molecule has 2 aromatic rings. The van der Waals surface area contributed by atoms with Gasteiger partial charge in [-0.3, -0.25) is 4.79 Å². The van der Waals surface area contributed by atoms with Crippen LogP contribution in [0.3, 0.4) is 0 Å². The molecular formula is C20H23ClN4O6S. The Labute approximate surface area is 190 Å². The van der Waals surface area contributed by atoms with Crippen LogP contribution in [0.5, 0.6) is 5.75 Å². The Hall–Kier alpha value is -2.76. The Morgan fingerprint density at radius 3 is 2.59 bits per heavy atom. The predicted octanol–water partition coefficient (Wildman–Crippen LogP) is 3.53. The Morgan fingerprint density at radius 1 is 1.25 bits per heavy atom. The normalized spacial score (nSPS) is 15.7. The summed E-state index contributed by atoms with van der Waals surface area (Å²) in [4.78, 5) is 27.0. The molecule has 1 N–H and O–H groups in total. The molecule has 0 spiro atoms. The molecule has 0 bridgehead atoms. The van der Waals surface area contributed by atoms with Crippen molar-refractivity contribution in [2.24, 2.45) is 0 Å². The second-order valence-electron chi connectivity index (χ2n) is 7.39. The average molecular weight is 483 g/mol. The number of carbonyl (C=O) groups is 1. The maximum absolute atomic E-state index is 12.9. The van der Waals surface area contributed by atoms with E-state index in [1.54, 1.807) is 6.92 Å². The van der Waals surface area contributed by atoms with E-state index in [9.17, 15) is 23.3 Å². The second kappa shape index (κ2) is 9.80. The van der Waals surface area contributed by atoms with Crippen LogP contribution in [0.4, 0.5) is 11.5 Å². The summed E-state index contributed by atoms with van der Waals surface area (Å²) in [7, 11) is -3.72. The van der Waals surface area contributed by atoms with Gasteiger partial charge in [0.2, 0.25) is 15.8 Å². The van der Waals surface area contributed by atoms with Crippen molar-refractivity contribution in [2.45, 2.75) is 44.1 Å². The predicted molar refractivity (Wildman–Crippen MR) is 118 cm³/mol. The molecular weight excluding hydrogens is 460 g/mol. The SMILES string of the molecule is Cc1ccc(OC(C)C(=O)Nc2cc(S(=O)(=O)N3CCCCC3)ccc2Cl)c([N+](=O)[O-])n1. The number of pyridine rings is 1. The van der Waals surface area contributed by atoms with Crippen LogP contribution in [0.15, 0.2) is 35.2 Å². The third kappa shape index (κ3) is 5.34. The number of piperidine rings is 1. The van der Waals surface area contributed by atoms with Gasteiger partial charge in [0.1, 0.15) is 5.69 Å². The van der Waals surface area contributed by atoms with Crippen LogP contribution in [0, 0.1) is 17.0 Å². The van der Waals surface area contributed by atoms with Crippen LogP contribution >= 0.6 is 11.6 Å². The molecule has 0 saturated carbocycles. The van der Waals surface area contributed by atoms with Gasteiger partial charge in [-0.25, -0.2) is 8.42 Å². The van der Waals surface area contributed by atoms with Crippen LogP contribution in [-0.4, -0.2) is 47.7 Å². The maximum atomic E-state index is 12.9. The van der Waals surface area contributed by atoms with E-state index in [1.165, 1.54) is 41.6 Å². The number of aromatic nitrogens is 1. The molecule has 32 heavy (non-hydrogen) atoms. The van der Waals surface area contributed by atoms with Gasteiger partial charge in [-0.15, -0.1) is 0 Å². The van der Waals surface area contributed by atoms with E-state index >= 15 is 0 Å². The van der Waals surface area contributed by atoms with E-state index in [4.69, 9.17) is 16.3 Å². The van der Waals surface area contributed by atoms with Crippen molar-refractivity contribution < 1.29 is 22.9 Å². The number of aryl methyl sites for hydroxylation is 1. The van der Waals surface area contributed by atoms with E-state index in [0.717, 1.165) is 19.3 Å². The number of benzene rings is 1. The number of sulfonamides is 1. The van der Waals surface area contributed by atoms with Gasteiger partial charge in [-0.1, -0.05) is 18.0 Å². The lowest BCUT2D eigenvalue weighted by Gasteiger charge is -2.26. The van der Waals surface area contributed by atoms with Crippen LogP contribution in [0.1, 0.15) is 31.9 Å². The van der Waals surface area contributed by atoms with Crippen molar-refractivity contribution in [2.75, 3.05) is 18.4 Å². The lowest BCUT2D eigenvalue weighted by molar-refractivity contribution is -0.390. The number of amides is 1. The summed E-state index contributed by atoms with van der Waals surface area (Å²) in [6.07, 6.45) is 1.44. The summed E-state index contributed by atoms with van der Waals surface area (Å²) >= 11 is 6.16. The summed E-state index contributed by atoms with van der Waals surface area (Å²) in [5, 5.41) is 13.9. The van der Waals surface area contributed by atoms with Gasteiger partial charge in [-0.05, 0) is 60.0 Å². The number of nitrogens with zero attached hydrogens (tertiary/aromatic N) is 3. The van der Waals surface area contributed by atoms with Crippen molar-refractivity contribution in [3.8, 4) is 5.75 Å². The summed E-state index contributed by atoms with van der Waals surface area (Å²) < 4.78 is 32.7. The molecule has 1 amide bonds. The van der Waals surface area contributed by atoms with Crippen molar-refractivity contribution in [3.63, 3.8) is 0 Å². The molecule has 1 unspecified atom stereocenters. The lowest BCUT2D eigenvalue weighted by atomic mass is 10.2. The highest BCUT2D eigenvalue weighted by Gasteiger charge is 2.28. The highest BCUT2D eigenvalue weighted by atomic mass is 35.5. The van der Waals surface area contributed by atoms with Gasteiger partial charge in [0.05, 0.1) is 15.6 Å². The standard InChI is InChI=1S/C20H23ClN4O6S/c1-13-6-9-18(19(22-13)25(27)28)31-14(2)20(26)23-17-12-15(7-8-16(17)21)32(29,30)24-10-4-3-5-11-24/h6-9,12,14H,3-5,10-11H2,1-2H3,(H,23,26). The zero-order valence-corrected chi connectivity index (χ0v) is 19.1. The van der Waals surface area contributed by atoms with Crippen LogP contribution in [-0.2, 0) is 14.8 Å². The van der Waals surface area contributed by atoms with Crippen molar-refractivity contribution in [1.29, 1.82) is 0 Å². The van der Waals surface area contributed by atoms with Gasteiger partial charge in [0, 0.05) is 20.0 Å². The Balaban J connectivity index is 1.78. The monoisotopic (exact) mass is 482 g/mol. The van der Waals surface area contributed by atoms with Crippen LogP contribution in [0.25, 0.3) is 0 Å². The van der Waals surface area contributed by atoms with Gasteiger partial charge < -0.3 is 20.2 Å². The van der Waals surface area contributed by atoms with Crippen molar-refractivity contribution in [3.05, 3.63) is 51.2 Å². The zero-order chi connectivity index (χ0) is 23.5. The molecule has 1 aromatic carbocycles. The smallest absolute Gasteiger partial charge is 0.406 e. The highest BCUT2D eigenvalue weighted by molar-refractivity contribution is 7.89. The molecule has 1 aliphatic heterocycles. The van der Waals surface area contributed by atoms with E-state index in [1.807, 2.05) is 0 Å². The molecule has 1 atom stereocenters. The lowest BCUT2D eigenvalue weighted by Crippen LogP contribution is -2.35. The molecule has 1 aliphatic rings. The summed E-state index contributed by atoms with van der Waals surface area (Å²) in [6, 6.07) is 6.98. The number of anilines is 1. The van der Waals surface area contributed by atoms with Crippen molar-refractivity contribution in [1.82, 2.24) is 9.29 Å². The van der Waals surface area contributed by atoms with Crippen LogP contribution in [0.2, 0.25) is 5.02 Å². The molecule has 0 radical (unpaired) electrons. The number of hydrogen-bond donors (Lipinski definition) is 1. The molecule has 1 saturated heterocycles. The van der Waals surface area contributed by atoms with E-state index in [2.05, 4.69) is 10.3 Å². The number of ether oxygens (including phenoxy) is 1. The molecule has 1 fully saturated rings. The quantitative estimate of drug-likeness (QED) is 0.471. The third-order valence-electron chi connectivity index (χ3n) is 4.97. The molecule has 1 aromatic heterocycles. The minimum Gasteiger partial charge on any atom is -0.473 e. The Bertz CT molecular complexity index is 1130. The maximum Gasteiger partial charge on any atom is 0.406 e. The first-order valence-electron chi connectivity index (χ1n) is 9.99. The Morgan fingerprint density at radius 2 is 1.94 bits per heavy atom. The molecule has 172 valence electrons. The highest BCUT2D eigenvalue weighted by Crippen LogP contribution is 2.29. The average Bonchev–Trinajstić information content (AvgIpc) is 2.76. The fourth-order valence-electron chi connectivity index (χ4n) is 3.25. The molecule has 2 heterocycles. The fourth-order valence-corrected chi connectivity index (χ4v) is 4.95. The largest absolute Gasteiger partial charge is 0.473 e. The van der Waals surface area contributed by atoms with Crippen molar-refractivity contribution >= 4 is 39.0 Å². The number of hydrogen-bond acceptors (Lipinski definition) is 7. The first kappa shape index (κ1) is 23.9. The number of nitrogens with one attached hydrogen (secondary N) is 1. The van der Waals surface area contributed by atoms with Gasteiger partial charge in [0.25, 0.3) is 5.91 Å². The molecule has 0 aliphatic carbocycles. The molecule has 12 heteroatoms. The van der Waals surface area contributed by atoms with E-state index in [0.29, 0.717) is 18.8 Å². The summed E-state index contributed by atoms with van der Waals surface area (Å²) in [5.74, 6) is -1.32. The minimum atomic E-state index is -3.72. The molecule has 10 nitrogen and oxygen atoms in total. The number of nitro groups is 1. The number of halogens is 1. The van der Waals surface area contributed by atoms with Gasteiger partial charge in [0.15, 0.2) is 6.10 Å².